The van der Waals surface area contributed by atoms with Crippen LogP contribution in [-0.4, -0.2) is 26.7 Å². The molecule has 0 heterocycles. The van der Waals surface area contributed by atoms with Gasteiger partial charge in [-0.2, -0.15) is 0 Å². The first-order valence-corrected chi connectivity index (χ1v) is 7.72. The van der Waals surface area contributed by atoms with Gasteiger partial charge in [-0.15, -0.1) is 24.0 Å². The fourth-order valence-electron chi connectivity index (χ4n) is 2.27. The fraction of sp³-hybridized carbons (Fsp3) is 0.278. The number of halogens is 3. The number of hydrogen-bond acceptors (Lipinski definition) is 3. The summed E-state index contributed by atoms with van der Waals surface area (Å²) in [5.74, 6) is 0.573. The molecule has 2 aromatic carbocycles. The predicted octanol–water partition coefficient (Wildman–Crippen LogP) is 3.25. The van der Waals surface area contributed by atoms with Crippen LogP contribution in [0.3, 0.4) is 0 Å². The average molecular weight is 477 g/mol. The minimum atomic E-state index is -0.466. The van der Waals surface area contributed by atoms with Crippen molar-refractivity contribution in [2.75, 3.05) is 20.8 Å². The van der Waals surface area contributed by atoms with Crippen molar-refractivity contribution in [2.24, 2.45) is 10.7 Å². The Bertz CT molecular complexity index is 757. The summed E-state index contributed by atoms with van der Waals surface area (Å²) in [6, 6.07) is 8.84. The Morgan fingerprint density at radius 2 is 1.81 bits per heavy atom. The van der Waals surface area contributed by atoms with Gasteiger partial charge < -0.3 is 20.5 Å². The lowest BCUT2D eigenvalue weighted by molar-refractivity contribution is 0.354. The number of hydrogen-bond donors (Lipinski definition) is 2. The molecule has 0 aromatic heterocycles. The van der Waals surface area contributed by atoms with Gasteiger partial charge >= 0.3 is 0 Å². The minimum Gasteiger partial charge on any atom is -0.493 e. The van der Waals surface area contributed by atoms with Crippen LogP contribution in [0.1, 0.15) is 11.1 Å². The average Bonchev–Trinajstić information content (AvgIpc) is 2.62. The van der Waals surface area contributed by atoms with E-state index in [0.29, 0.717) is 36.6 Å². The van der Waals surface area contributed by atoms with Gasteiger partial charge in [0.15, 0.2) is 17.5 Å². The molecular formula is C18H22F2IN3O2. The third kappa shape index (κ3) is 6.32. The summed E-state index contributed by atoms with van der Waals surface area (Å²) in [5, 5.41) is 2.88. The highest BCUT2D eigenvalue weighted by atomic mass is 127. The Labute approximate surface area is 168 Å². The largest absolute Gasteiger partial charge is 0.493 e. The first kappa shape index (κ1) is 21.9. The van der Waals surface area contributed by atoms with E-state index in [0.717, 1.165) is 17.7 Å². The first-order chi connectivity index (χ1) is 12.0. The van der Waals surface area contributed by atoms with E-state index in [1.54, 1.807) is 20.3 Å². The number of nitrogens with one attached hydrogen (secondary N) is 1. The highest BCUT2D eigenvalue weighted by Gasteiger charge is 2.05. The number of nitrogens with two attached hydrogens (primary N) is 1. The normalized spacial score (nSPS) is 10.8. The van der Waals surface area contributed by atoms with Gasteiger partial charge in [-0.3, -0.25) is 0 Å². The van der Waals surface area contributed by atoms with Crippen LogP contribution < -0.4 is 20.5 Å². The standard InChI is InChI=1S/C18H21F2N3O2.HI/c1-24-16-6-3-12(9-17(16)25-2)11-23-18(21)22-8-7-13-10-14(19)4-5-15(13)20;/h3-6,9-10H,7-8,11H2,1-2H3,(H3,21,22,23);1H. The molecule has 0 saturated carbocycles. The van der Waals surface area contributed by atoms with Crippen molar-refractivity contribution in [3.8, 4) is 11.5 Å². The number of benzene rings is 2. The van der Waals surface area contributed by atoms with Gasteiger partial charge in [0.25, 0.3) is 0 Å². The molecule has 0 spiro atoms. The van der Waals surface area contributed by atoms with E-state index in [-0.39, 0.29) is 29.9 Å². The summed E-state index contributed by atoms with van der Waals surface area (Å²) in [7, 11) is 3.13. The zero-order valence-electron chi connectivity index (χ0n) is 14.6. The molecule has 0 bridgehead atoms. The van der Waals surface area contributed by atoms with E-state index in [4.69, 9.17) is 15.2 Å². The molecule has 0 fully saturated rings. The van der Waals surface area contributed by atoms with Gasteiger partial charge in [0.1, 0.15) is 11.6 Å². The number of methoxy groups -OCH3 is 2. The summed E-state index contributed by atoms with van der Waals surface area (Å²) in [4.78, 5) is 4.22. The summed E-state index contributed by atoms with van der Waals surface area (Å²) in [6.07, 6.45) is 0.302. The van der Waals surface area contributed by atoms with Crippen molar-refractivity contribution >= 4 is 29.9 Å². The Morgan fingerprint density at radius 3 is 2.50 bits per heavy atom. The zero-order valence-corrected chi connectivity index (χ0v) is 16.9. The molecular weight excluding hydrogens is 455 g/mol. The molecule has 0 radical (unpaired) electrons. The lowest BCUT2D eigenvalue weighted by Gasteiger charge is -2.09. The van der Waals surface area contributed by atoms with E-state index in [2.05, 4.69) is 10.3 Å². The summed E-state index contributed by atoms with van der Waals surface area (Å²) >= 11 is 0. The van der Waals surface area contributed by atoms with Gasteiger partial charge in [0.2, 0.25) is 0 Å². The van der Waals surface area contributed by atoms with Gasteiger partial charge in [-0.25, -0.2) is 13.8 Å². The molecule has 0 atom stereocenters. The monoisotopic (exact) mass is 477 g/mol. The third-order valence-electron chi connectivity index (χ3n) is 3.59. The van der Waals surface area contributed by atoms with Crippen LogP contribution in [0.5, 0.6) is 11.5 Å². The number of rotatable bonds is 7. The van der Waals surface area contributed by atoms with Crippen molar-refractivity contribution in [3.63, 3.8) is 0 Å². The molecule has 0 amide bonds. The summed E-state index contributed by atoms with van der Waals surface area (Å²) < 4.78 is 37.0. The smallest absolute Gasteiger partial charge is 0.188 e. The molecule has 142 valence electrons. The van der Waals surface area contributed by atoms with Gasteiger partial charge in [0.05, 0.1) is 20.8 Å². The molecule has 0 aliphatic heterocycles. The molecule has 2 aromatic rings. The molecule has 0 saturated heterocycles. The van der Waals surface area contributed by atoms with E-state index < -0.39 is 11.6 Å². The van der Waals surface area contributed by atoms with E-state index in [9.17, 15) is 8.78 Å². The van der Waals surface area contributed by atoms with E-state index in [1.807, 2.05) is 12.1 Å². The first-order valence-electron chi connectivity index (χ1n) is 7.72. The van der Waals surface area contributed by atoms with Crippen LogP contribution in [0.4, 0.5) is 8.78 Å². The molecule has 2 rings (SSSR count). The van der Waals surface area contributed by atoms with Gasteiger partial charge in [0, 0.05) is 6.54 Å². The Morgan fingerprint density at radius 1 is 1.08 bits per heavy atom. The number of guanidine groups is 1. The topological polar surface area (TPSA) is 68.9 Å². The Kier molecular flexibility index (Phi) is 9.11. The Hall–Kier alpha value is -2.10. The quantitative estimate of drug-likeness (QED) is 0.365. The number of ether oxygens (including phenoxy) is 2. The molecule has 8 heteroatoms. The maximum atomic E-state index is 13.5. The van der Waals surface area contributed by atoms with Crippen LogP contribution in [0.15, 0.2) is 41.4 Å². The molecule has 26 heavy (non-hydrogen) atoms. The molecule has 0 aliphatic rings. The van der Waals surface area contributed by atoms with Crippen LogP contribution in [0.25, 0.3) is 0 Å². The minimum absolute atomic E-state index is 0. The highest BCUT2D eigenvalue weighted by molar-refractivity contribution is 14.0. The summed E-state index contributed by atoms with van der Waals surface area (Å²) in [5.41, 5.74) is 6.99. The maximum absolute atomic E-state index is 13.5. The highest BCUT2D eigenvalue weighted by Crippen LogP contribution is 2.27. The Balaban J connectivity index is 0.00000338. The van der Waals surface area contributed by atoms with Crippen molar-refractivity contribution in [2.45, 2.75) is 13.0 Å². The van der Waals surface area contributed by atoms with Crippen LogP contribution in [-0.2, 0) is 13.0 Å². The van der Waals surface area contributed by atoms with Crippen LogP contribution >= 0.6 is 24.0 Å². The molecule has 3 N–H and O–H groups in total. The predicted molar refractivity (Wildman–Crippen MR) is 108 cm³/mol. The lowest BCUT2D eigenvalue weighted by atomic mass is 10.1. The van der Waals surface area contributed by atoms with Crippen LogP contribution in [0, 0.1) is 11.6 Å². The van der Waals surface area contributed by atoms with Crippen molar-refractivity contribution in [3.05, 3.63) is 59.2 Å². The van der Waals surface area contributed by atoms with Crippen molar-refractivity contribution < 1.29 is 18.3 Å². The second-order valence-electron chi connectivity index (χ2n) is 5.30. The van der Waals surface area contributed by atoms with Crippen molar-refractivity contribution in [1.82, 2.24) is 5.32 Å². The zero-order chi connectivity index (χ0) is 18.2. The number of aliphatic imine (C=N–C) groups is 1. The lowest BCUT2D eigenvalue weighted by Crippen LogP contribution is -2.33. The second-order valence-corrected chi connectivity index (χ2v) is 5.30. The van der Waals surface area contributed by atoms with Gasteiger partial charge in [-0.05, 0) is 47.9 Å². The van der Waals surface area contributed by atoms with E-state index >= 15 is 0 Å². The van der Waals surface area contributed by atoms with Crippen LogP contribution in [0.2, 0.25) is 0 Å². The molecule has 0 unspecified atom stereocenters. The van der Waals surface area contributed by atoms with E-state index in [1.165, 1.54) is 6.07 Å². The fourth-order valence-corrected chi connectivity index (χ4v) is 2.27. The second kappa shape index (κ2) is 10.8. The maximum Gasteiger partial charge on any atom is 0.188 e. The van der Waals surface area contributed by atoms with Gasteiger partial charge in [-0.1, -0.05) is 6.07 Å². The molecule has 0 aliphatic carbocycles. The molecule has 5 nitrogen and oxygen atoms in total. The third-order valence-corrected chi connectivity index (χ3v) is 3.59. The SMILES string of the molecule is COc1ccc(CN=C(N)NCCc2cc(F)ccc2F)cc1OC.I. The van der Waals surface area contributed by atoms with Crippen molar-refractivity contribution in [1.29, 1.82) is 0 Å². The summed E-state index contributed by atoms with van der Waals surface area (Å²) in [6.45, 7) is 0.704. The number of nitrogens with zero attached hydrogens (tertiary/aromatic N) is 1.